The second-order valence-electron chi connectivity index (χ2n) is 7.53. The van der Waals surface area contributed by atoms with Crippen molar-refractivity contribution in [2.24, 2.45) is 11.8 Å². The van der Waals surface area contributed by atoms with Crippen LogP contribution in [0.2, 0.25) is 0 Å². The summed E-state index contributed by atoms with van der Waals surface area (Å²) >= 11 is 0. The molecule has 1 aromatic heterocycles. The maximum absolute atomic E-state index is 12.8. The van der Waals surface area contributed by atoms with Gasteiger partial charge in [-0.1, -0.05) is 13.8 Å². The third-order valence-corrected chi connectivity index (χ3v) is 5.22. The molecule has 0 N–H and O–H groups in total. The van der Waals surface area contributed by atoms with E-state index in [1.807, 2.05) is 4.90 Å². The summed E-state index contributed by atoms with van der Waals surface area (Å²) in [6, 6.07) is 1.58. The van der Waals surface area contributed by atoms with Crippen molar-refractivity contribution in [3.05, 3.63) is 28.3 Å². The molecule has 1 amide bonds. The lowest BCUT2D eigenvalue weighted by Crippen LogP contribution is -2.46. The molecule has 0 spiro atoms. The van der Waals surface area contributed by atoms with E-state index in [-0.39, 0.29) is 22.8 Å². The first kappa shape index (κ1) is 18.0. The average Bonchev–Trinajstić information content (AvgIpc) is 3.41. The Morgan fingerprint density at radius 1 is 1.36 bits per heavy atom. The molecule has 1 aliphatic heterocycles. The van der Waals surface area contributed by atoms with E-state index in [0.717, 1.165) is 25.4 Å². The Balaban J connectivity index is 1.75. The van der Waals surface area contributed by atoms with Gasteiger partial charge >= 0.3 is 0 Å². The first-order valence-corrected chi connectivity index (χ1v) is 9.19. The van der Waals surface area contributed by atoms with Gasteiger partial charge in [-0.25, -0.2) is 0 Å². The molecule has 0 aromatic carbocycles. The molecule has 6 nitrogen and oxygen atoms in total. The summed E-state index contributed by atoms with van der Waals surface area (Å²) in [7, 11) is 1.41. The fraction of sp³-hybridized carbons (Fsp3) is 0.684. The van der Waals surface area contributed by atoms with Gasteiger partial charge in [0.25, 0.3) is 5.91 Å². The molecule has 0 bridgehead atoms. The molecule has 1 aliphatic carbocycles. The highest BCUT2D eigenvalue weighted by atomic mass is 16.5. The van der Waals surface area contributed by atoms with E-state index in [2.05, 4.69) is 18.7 Å². The van der Waals surface area contributed by atoms with Crippen molar-refractivity contribution in [2.45, 2.75) is 39.2 Å². The van der Waals surface area contributed by atoms with Gasteiger partial charge < -0.3 is 14.1 Å². The van der Waals surface area contributed by atoms with Crippen LogP contribution in [-0.2, 0) is 0 Å². The minimum atomic E-state index is -0.331. The standard InChI is InChI=1S/C19H28N2O4/c1-13(2)15-11-21(8-4-7-20(15)10-14-5-6-14)19(23)17-9-16(22)18(24-3)12-25-17/h9,12-15H,4-8,10-11H2,1-3H3. The van der Waals surface area contributed by atoms with Gasteiger partial charge in [-0.05, 0) is 31.1 Å². The monoisotopic (exact) mass is 348 g/mol. The molecule has 2 fully saturated rings. The van der Waals surface area contributed by atoms with Crippen LogP contribution in [0.5, 0.6) is 5.75 Å². The maximum atomic E-state index is 12.8. The second-order valence-corrected chi connectivity index (χ2v) is 7.53. The first-order chi connectivity index (χ1) is 12.0. The molecular formula is C19H28N2O4. The van der Waals surface area contributed by atoms with Gasteiger partial charge in [-0.2, -0.15) is 0 Å². The fourth-order valence-electron chi connectivity index (χ4n) is 3.55. The van der Waals surface area contributed by atoms with Crippen molar-refractivity contribution in [1.82, 2.24) is 9.80 Å². The highest BCUT2D eigenvalue weighted by Gasteiger charge is 2.34. The molecule has 1 saturated carbocycles. The summed E-state index contributed by atoms with van der Waals surface area (Å²) in [6.45, 7) is 7.97. The molecule has 138 valence electrons. The average molecular weight is 348 g/mol. The number of ether oxygens (including phenoxy) is 1. The van der Waals surface area contributed by atoms with E-state index in [1.54, 1.807) is 0 Å². The van der Waals surface area contributed by atoms with E-state index in [1.165, 1.54) is 32.3 Å². The van der Waals surface area contributed by atoms with Gasteiger partial charge in [0.05, 0.1) is 7.11 Å². The molecular weight excluding hydrogens is 320 g/mol. The van der Waals surface area contributed by atoms with Crippen LogP contribution in [-0.4, -0.2) is 55.0 Å². The molecule has 1 atom stereocenters. The summed E-state index contributed by atoms with van der Waals surface area (Å²) < 4.78 is 10.3. The zero-order valence-corrected chi connectivity index (χ0v) is 15.4. The Bertz CT molecular complexity index is 666. The van der Waals surface area contributed by atoms with Gasteiger partial charge in [0, 0.05) is 38.3 Å². The van der Waals surface area contributed by atoms with Crippen LogP contribution in [0, 0.1) is 11.8 Å². The zero-order valence-electron chi connectivity index (χ0n) is 15.4. The molecule has 2 aliphatic rings. The number of carbonyl (C=O) groups is 1. The topological polar surface area (TPSA) is 63.0 Å². The van der Waals surface area contributed by atoms with Crippen LogP contribution in [0.1, 0.15) is 43.7 Å². The number of carbonyl (C=O) groups excluding carboxylic acids is 1. The number of nitrogens with zero attached hydrogens (tertiary/aromatic N) is 2. The Morgan fingerprint density at radius 2 is 2.12 bits per heavy atom. The van der Waals surface area contributed by atoms with Crippen LogP contribution in [0.25, 0.3) is 0 Å². The third-order valence-electron chi connectivity index (χ3n) is 5.22. The Hall–Kier alpha value is -1.82. The smallest absolute Gasteiger partial charge is 0.289 e. The summed E-state index contributed by atoms with van der Waals surface area (Å²) in [4.78, 5) is 29.2. The van der Waals surface area contributed by atoms with Crippen LogP contribution >= 0.6 is 0 Å². The number of amides is 1. The van der Waals surface area contributed by atoms with Crippen LogP contribution in [0.4, 0.5) is 0 Å². The van der Waals surface area contributed by atoms with Gasteiger partial charge in [-0.3, -0.25) is 14.5 Å². The Labute approximate surface area is 148 Å². The third kappa shape index (κ3) is 4.24. The number of hydrogen-bond acceptors (Lipinski definition) is 5. The fourth-order valence-corrected chi connectivity index (χ4v) is 3.55. The van der Waals surface area contributed by atoms with Gasteiger partial charge in [0.1, 0.15) is 6.26 Å². The predicted octanol–water partition coefficient (Wildman–Crippen LogP) is 2.23. The van der Waals surface area contributed by atoms with Crippen molar-refractivity contribution in [3.63, 3.8) is 0 Å². The molecule has 6 heteroatoms. The SMILES string of the molecule is COc1coc(C(=O)N2CCCN(CC3CC3)C(C(C)C)C2)cc1=O. The minimum Gasteiger partial charge on any atom is -0.490 e. The van der Waals surface area contributed by atoms with Crippen molar-refractivity contribution < 1.29 is 13.9 Å². The lowest BCUT2D eigenvalue weighted by atomic mass is 10.0. The summed E-state index contributed by atoms with van der Waals surface area (Å²) in [5.41, 5.74) is -0.331. The maximum Gasteiger partial charge on any atom is 0.289 e. The number of hydrogen-bond donors (Lipinski definition) is 0. The van der Waals surface area contributed by atoms with E-state index >= 15 is 0 Å². The minimum absolute atomic E-state index is 0.0870. The van der Waals surface area contributed by atoms with E-state index < -0.39 is 0 Å². The molecule has 25 heavy (non-hydrogen) atoms. The predicted molar refractivity (Wildman–Crippen MR) is 95.0 cm³/mol. The lowest BCUT2D eigenvalue weighted by molar-refractivity contribution is 0.0670. The van der Waals surface area contributed by atoms with E-state index in [0.29, 0.717) is 25.0 Å². The van der Waals surface area contributed by atoms with Crippen LogP contribution in [0.15, 0.2) is 21.5 Å². The van der Waals surface area contributed by atoms with Crippen LogP contribution in [0.3, 0.4) is 0 Å². The van der Waals surface area contributed by atoms with Gasteiger partial charge in [-0.15, -0.1) is 0 Å². The van der Waals surface area contributed by atoms with Crippen molar-refractivity contribution in [1.29, 1.82) is 0 Å². The summed E-state index contributed by atoms with van der Waals surface area (Å²) in [6.07, 6.45) is 4.83. The normalized spacial score (nSPS) is 22.1. The first-order valence-electron chi connectivity index (χ1n) is 9.19. The summed E-state index contributed by atoms with van der Waals surface area (Å²) in [5, 5.41) is 0. The molecule has 0 radical (unpaired) electrons. The van der Waals surface area contributed by atoms with Crippen molar-refractivity contribution in [3.8, 4) is 5.75 Å². The molecule has 2 heterocycles. The molecule has 1 unspecified atom stereocenters. The number of rotatable bonds is 5. The second kappa shape index (κ2) is 7.60. The lowest BCUT2D eigenvalue weighted by Gasteiger charge is -2.34. The van der Waals surface area contributed by atoms with Crippen LogP contribution < -0.4 is 10.2 Å². The van der Waals surface area contributed by atoms with E-state index in [9.17, 15) is 9.59 Å². The number of methoxy groups -OCH3 is 1. The summed E-state index contributed by atoms with van der Waals surface area (Å²) in [5.74, 6) is 1.30. The zero-order chi connectivity index (χ0) is 18.0. The molecule has 3 rings (SSSR count). The largest absolute Gasteiger partial charge is 0.490 e. The Morgan fingerprint density at radius 3 is 2.72 bits per heavy atom. The highest BCUT2D eigenvalue weighted by Crippen LogP contribution is 2.32. The highest BCUT2D eigenvalue weighted by molar-refractivity contribution is 5.91. The van der Waals surface area contributed by atoms with Gasteiger partial charge in [0.2, 0.25) is 11.2 Å². The van der Waals surface area contributed by atoms with Crippen molar-refractivity contribution >= 4 is 5.91 Å². The van der Waals surface area contributed by atoms with Crippen molar-refractivity contribution in [2.75, 3.05) is 33.3 Å². The Kier molecular flexibility index (Phi) is 5.47. The molecule has 1 aromatic rings. The quantitative estimate of drug-likeness (QED) is 0.816. The van der Waals surface area contributed by atoms with E-state index in [4.69, 9.17) is 9.15 Å². The molecule has 1 saturated heterocycles. The van der Waals surface area contributed by atoms with Gasteiger partial charge in [0.15, 0.2) is 5.76 Å².